The highest BCUT2D eigenvalue weighted by molar-refractivity contribution is 5.83. The molecular formula is C14H12FN3. The predicted molar refractivity (Wildman–Crippen MR) is 70.5 cm³/mol. The number of halogens is 1. The molecule has 0 saturated carbocycles. The van der Waals surface area contributed by atoms with Crippen LogP contribution in [0, 0.1) is 5.82 Å². The van der Waals surface area contributed by atoms with Crippen LogP contribution in [0.2, 0.25) is 0 Å². The first kappa shape index (κ1) is 10.8. The number of nitrogens with two attached hydrogens (primary N) is 1. The summed E-state index contributed by atoms with van der Waals surface area (Å²) in [4.78, 5) is 4.50. The van der Waals surface area contributed by atoms with Crippen LogP contribution in [0.4, 0.5) is 10.1 Å². The first-order valence-corrected chi connectivity index (χ1v) is 5.63. The van der Waals surface area contributed by atoms with Gasteiger partial charge in [-0.25, -0.2) is 9.37 Å². The Morgan fingerprint density at radius 2 is 1.94 bits per heavy atom. The van der Waals surface area contributed by atoms with Gasteiger partial charge in [-0.1, -0.05) is 12.1 Å². The van der Waals surface area contributed by atoms with E-state index in [0.717, 1.165) is 22.4 Å². The van der Waals surface area contributed by atoms with Crippen LogP contribution in [-0.2, 0) is 7.05 Å². The summed E-state index contributed by atoms with van der Waals surface area (Å²) in [6.07, 6.45) is 0. The maximum absolute atomic E-state index is 13.2. The molecule has 0 unspecified atom stereocenters. The highest BCUT2D eigenvalue weighted by Crippen LogP contribution is 2.27. The van der Waals surface area contributed by atoms with Gasteiger partial charge in [0.2, 0.25) is 0 Å². The number of para-hydroxylation sites is 1. The number of nitrogens with zero attached hydrogens (tertiary/aromatic N) is 2. The summed E-state index contributed by atoms with van der Waals surface area (Å²) < 4.78 is 15.1. The molecule has 4 heteroatoms. The fourth-order valence-electron chi connectivity index (χ4n) is 2.10. The molecule has 1 heterocycles. The second-order valence-electron chi connectivity index (χ2n) is 4.21. The van der Waals surface area contributed by atoms with Gasteiger partial charge in [-0.15, -0.1) is 0 Å². The molecule has 0 amide bonds. The fraction of sp³-hybridized carbons (Fsp3) is 0.0714. The molecule has 3 rings (SSSR count). The molecule has 0 spiro atoms. The maximum atomic E-state index is 13.2. The quantitative estimate of drug-likeness (QED) is 0.666. The second kappa shape index (κ2) is 3.84. The van der Waals surface area contributed by atoms with Gasteiger partial charge in [-0.3, -0.25) is 0 Å². The summed E-state index contributed by atoms with van der Waals surface area (Å²) in [5.41, 5.74) is 8.99. The van der Waals surface area contributed by atoms with Crippen molar-refractivity contribution in [2.24, 2.45) is 7.05 Å². The number of aromatic nitrogens is 2. The smallest absolute Gasteiger partial charge is 0.142 e. The molecule has 2 N–H and O–H groups in total. The van der Waals surface area contributed by atoms with Crippen molar-refractivity contribution in [1.29, 1.82) is 0 Å². The summed E-state index contributed by atoms with van der Waals surface area (Å²) in [7, 11) is 1.86. The lowest BCUT2D eigenvalue weighted by molar-refractivity contribution is 0.629. The van der Waals surface area contributed by atoms with E-state index in [1.165, 1.54) is 12.1 Å². The van der Waals surface area contributed by atoms with Crippen LogP contribution in [0.3, 0.4) is 0 Å². The minimum absolute atomic E-state index is 0.266. The Balaban J connectivity index is 2.31. The van der Waals surface area contributed by atoms with E-state index in [1.54, 1.807) is 6.07 Å². The van der Waals surface area contributed by atoms with Crippen molar-refractivity contribution in [3.8, 4) is 11.4 Å². The summed E-state index contributed by atoms with van der Waals surface area (Å²) in [5, 5.41) is 0. The Kier molecular flexibility index (Phi) is 2.30. The van der Waals surface area contributed by atoms with Crippen LogP contribution in [0.15, 0.2) is 42.5 Å². The molecule has 3 aromatic rings. The number of anilines is 1. The number of hydrogen-bond donors (Lipinski definition) is 1. The second-order valence-corrected chi connectivity index (χ2v) is 4.21. The minimum Gasteiger partial charge on any atom is -0.398 e. The lowest BCUT2D eigenvalue weighted by Gasteiger charge is -2.05. The van der Waals surface area contributed by atoms with Gasteiger partial charge in [-0.2, -0.15) is 0 Å². The Bertz CT molecular complexity index is 731. The van der Waals surface area contributed by atoms with E-state index in [4.69, 9.17) is 5.73 Å². The molecule has 2 aromatic carbocycles. The number of fused-ring (bicyclic) bond motifs is 1. The van der Waals surface area contributed by atoms with E-state index in [-0.39, 0.29) is 5.82 Å². The molecule has 0 radical (unpaired) electrons. The van der Waals surface area contributed by atoms with Gasteiger partial charge in [0.05, 0.1) is 11.0 Å². The summed E-state index contributed by atoms with van der Waals surface area (Å²) in [6, 6.07) is 12.1. The van der Waals surface area contributed by atoms with Crippen molar-refractivity contribution >= 4 is 16.7 Å². The Labute approximate surface area is 104 Å². The molecule has 0 aliphatic rings. The van der Waals surface area contributed by atoms with Crippen LogP contribution in [-0.4, -0.2) is 9.55 Å². The first-order valence-electron chi connectivity index (χ1n) is 5.63. The third-order valence-electron chi connectivity index (χ3n) is 3.04. The monoisotopic (exact) mass is 241 g/mol. The van der Waals surface area contributed by atoms with E-state index < -0.39 is 0 Å². The zero-order chi connectivity index (χ0) is 12.7. The largest absolute Gasteiger partial charge is 0.398 e. The molecule has 0 atom stereocenters. The van der Waals surface area contributed by atoms with E-state index in [1.807, 2.05) is 35.9 Å². The Morgan fingerprint density at radius 3 is 2.72 bits per heavy atom. The van der Waals surface area contributed by atoms with Gasteiger partial charge in [-0.05, 0) is 30.3 Å². The van der Waals surface area contributed by atoms with Crippen molar-refractivity contribution in [2.75, 3.05) is 5.73 Å². The molecule has 0 bridgehead atoms. The molecular weight excluding hydrogens is 229 g/mol. The number of aryl methyl sites for hydroxylation is 1. The van der Waals surface area contributed by atoms with Gasteiger partial charge in [0, 0.05) is 18.3 Å². The van der Waals surface area contributed by atoms with Gasteiger partial charge < -0.3 is 10.3 Å². The van der Waals surface area contributed by atoms with E-state index in [9.17, 15) is 4.39 Å². The zero-order valence-electron chi connectivity index (χ0n) is 9.89. The van der Waals surface area contributed by atoms with Crippen molar-refractivity contribution in [3.63, 3.8) is 0 Å². The number of hydrogen-bond acceptors (Lipinski definition) is 2. The zero-order valence-corrected chi connectivity index (χ0v) is 9.89. The van der Waals surface area contributed by atoms with Crippen molar-refractivity contribution in [2.45, 2.75) is 0 Å². The third-order valence-corrected chi connectivity index (χ3v) is 3.04. The van der Waals surface area contributed by atoms with Crippen molar-refractivity contribution in [3.05, 3.63) is 48.3 Å². The molecule has 18 heavy (non-hydrogen) atoms. The standard InChI is InChI=1S/C14H12FN3/c1-18-13-8-9(15)6-7-12(13)17-14(18)10-4-2-3-5-11(10)16/h2-8H,16H2,1H3. The average molecular weight is 241 g/mol. The van der Waals surface area contributed by atoms with Crippen LogP contribution in [0.25, 0.3) is 22.4 Å². The highest BCUT2D eigenvalue weighted by atomic mass is 19.1. The van der Waals surface area contributed by atoms with E-state index in [0.29, 0.717) is 5.69 Å². The Morgan fingerprint density at radius 1 is 1.17 bits per heavy atom. The first-order chi connectivity index (χ1) is 8.66. The third kappa shape index (κ3) is 1.54. The molecule has 0 saturated heterocycles. The summed E-state index contributed by atoms with van der Waals surface area (Å²) >= 11 is 0. The van der Waals surface area contributed by atoms with E-state index >= 15 is 0 Å². The molecule has 0 aliphatic heterocycles. The lowest BCUT2D eigenvalue weighted by Crippen LogP contribution is -1.96. The topological polar surface area (TPSA) is 43.8 Å². The average Bonchev–Trinajstić information content (AvgIpc) is 2.68. The van der Waals surface area contributed by atoms with Crippen LogP contribution < -0.4 is 5.73 Å². The highest BCUT2D eigenvalue weighted by Gasteiger charge is 2.12. The molecule has 0 aliphatic carbocycles. The Hall–Kier alpha value is -2.36. The number of imidazole rings is 1. The summed E-state index contributed by atoms with van der Waals surface area (Å²) in [6.45, 7) is 0. The number of nitrogen functional groups attached to an aromatic ring is 1. The number of rotatable bonds is 1. The van der Waals surface area contributed by atoms with Crippen molar-refractivity contribution in [1.82, 2.24) is 9.55 Å². The SMILES string of the molecule is Cn1c(-c2ccccc2N)nc2ccc(F)cc21. The molecule has 1 aromatic heterocycles. The van der Waals surface area contributed by atoms with E-state index in [2.05, 4.69) is 4.98 Å². The molecule has 3 nitrogen and oxygen atoms in total. The van der Waals surface area contributed by atoms with Gasteiger partial charge in [0.1, 0.15) is 11.6 Å². The fourth-order valence-corrected chi connectivity index (χ4v) is 2.10. The lowest BCUT2D eigenvalue weighted by atomic mass is 10.2. The van der Waals surface area contributed by atoms with Crippen LogP contribution >= 0.6 is 0 Å². The molecule has 0 fully saturated rings. The van der Waals surface area contributed by atoms with Crippen LogP contribution in [0.5, 0.6) is 0 Å². The summed E-state index contributed by atoms with van der Waals surface area (Å²) in [5.74, 6) is 0.479. The van der Waals surface area contributed by atoms with Gasteiger partial charge in [0.15, 0.2) is 0 Å². The normalized spacial score (nSPS) is 11.0. The minimum atomic E-state index is -0.266. The van der Waals surface area contributed by atoms with Gasteiger partial charge >= 0.3 is 0 Å². The predicted octanol–water partition coefficient (Wildman–Crippen LogP) is 2.96. The van der Waals surface area contributed by atoms with Crippen molar-refractivity contribution < 1.29 is 4.39 Å². The molecule has 90 valence electrons. The number of benzene rings is 2. The van der Waals surface area contributed by atoms with Crippen LogP contribution in [0.1, 0.15) is 0 Å². The van der Waals surface area contributed by atoms with Gasteiger partial charge in [0.25, 0.3) is 0 Å². The maximum Gasteiger partial charge on any atom is 0.142 e.